The van der Waals surface area contributed by atoms with E-state index in [1.165, 1.54) is 30.6 Å². The van der Waals surface area contributed by atoms with Gasteiger partial charge in [-0.3, -0.25) is 4.98 Å². The van der Waals surface area contributed by atoms with E-state index in [-0.39, 0.29) is 17.4 Å². The van der Waals surface area contributed by atoms with Crippen LogP contribution in [-0.2, 0) is 0 Å². The number of alkyl halides is 3. The lowest BCUT2D eigenvalue weighted by atomic mass is 10.3. The summed E-state index contributed by atoms with van der Waals surface area (Å²) in [5.41, 5.74) is 2.24. The van der Waals surface area contributed by atoms with Crippen LogP contribution in [0, 0.1) is 0 Å². The lowest BCUT2D eigenvalue weighted by Crippen LogP contribution is -2.17. The second-order valence-electron chi connectivity index (χ2n) is 3.48. The summed E-state index contributed by atoms with van der Waals surface area (Å²) in [5.74, 6) is 4.70. The van der Waals surface area contributed by atoms with Gasteiger partial charge in [-0.05, 0) is 12.1 Å². The fourth-order valence-electron chi connectivity index (χ4n) is 1.32. The van der Waals surface area contributed by atoms with Crippen LogP contribution in [0.15, 0.2) is 36.7 Å². The number of rotatable bonds is 4. The Morgan fingerprint density at radius 1 is 1.10 bits per heavy atom. The molecule has 0 radical (unpaired) electrons. The van der Waals surface area contributed by atoms with E-state index in [9.17, 15) is 13.2 Å². The third-order valence-electron chi connectivity index (χ3n) is 2.05. The van der Waals surface area contributed by atoms with Gasteiger partial charge in [0.25, 0.3) is 0 Å². The third kappa shape index (κ3) is 3.72. The summed E-state index contributed by atoms with van der Waals surface area (Å²) in [4.78, 5) is 7.63. The summed E-state index contributed by atoms with van der Waals surface area (Å²) in [6.07, 6.45) is -2.26. The summed E-state index contributed by atoms with van der Waals surface area (Å²) in [6, 6.07) is 5.32. The molecule has 3 N–H and O–H groups in total. The van der Waals surface area contributed by atoms with Crippen molar-refractivity contribution in [2.24, 2.45) is 5.84 Å². The first-order valence-electron chi connectivity index (χ1n) is 5.29. The van der Waals surface area contributed by atoms with Gasteiger partial charge in [-0.25, -0.2) is 5.84 Å². The Hall–Kier alpha value is -2.55. The number of anilines is 1. The van der Waals surface area contributed by atoms with Crippen LogP contribution in [0.1, 0.15) is 0 Å². The number of nitrogens with one attached hydrogen (secondary N) is 1. The van der Waals surface area contributed by atoms with Crippen molar-refractivity contribution in [3.63, 3.8) is 0 Å². The Morgan fingerprint density at radius 3 is 2.45 bits per heavy atom. The minimum absolute atomic E-state index is 0.0290. The molecule has 20 heavy (non-hydrogen) atoms. The maximum atomic E-state index is 12.2. The predicted octanol–water partition coefficient (Wildman–Crippen LogP) is 2.45. The lowest BCUT2D eigenvalue weighted by Gasteiger charge is -2.13. The van der Waals surface area contributed by atoms with Gasteiger partial charge in [0.1, 0.15) is 0 Å². The summed E-state index contributed by atoms with van der Waals surface area (Å²) in [5, 5.41) is 0. The van der Waals surface area contributed by atoms with E-state index in [0.29, 0.717) is 0 Å². The number of hydrogen-bond donors (Lipinski definition) is 2. The van der Waals surface area contributed by atoms with Gasteiger partial charge in [0.2, 0.25) is 5.88 Å². The molecule has 1 aromatic heterocycles. The Balaban J connectivity index is 2.24. The number of aromatic nitrogens is 2. The number of hydrazine groups is 1. The minimum atomic E-state index is -4.81. The molecule has 106 valence electrons. The molecule has 0 saturated carbocycles. The van der Waals surface area contributed by atoms with Gasteiger partial charge in [-0.1, -0.05) is 12.1 Å². The monoisotopic (exact) mass is 286 g/mol. The van der Waals surface area contributed by atoms with Gasteiger partial charge in [0, 0.05) is 0 Å². The van der Waals surface area contributed by atoms with E-state index in [4.69, 9.17) is 10.6 Å². The molecule has 2 rings (SSSR count). The zero-order valence-corrected chi connectivity index (χ0v) is 9.89. The number of para-hydroxylation sites is 2. The molecular formula is C11H9F3N4O2. The van der Waals surface area contributed by atoms with Crippen molar-refractivity contribution in [2.75, 3.05) is 5.43 Å². The smallest absolute Gasteiger partial charge is 0.434 e. The Kier molecular flexibility index (Phi) is 3.89. The molecular weight excluding hydrogens is 277 g/mol. The van der Waals surface area contributed by atoms with Crippen LogP contribution < -0.4 is 20.7 Å². The molecule has 0 unspecified atom stereocenters. The van der Waals surface area contributed by atoms with E-state index in [1.807, 2.05) is 0 Å². The standard InChI is InChI=1S/C11H9F3N4O2/c12-11(13,14)20-8-4-2-1-3-7(8)19-10-6-16-5-9(17-10)18-15/h1-6H,15H2,(H,17,18). The summed E-state index contributed by atoms with van der Waals surface area (Å²) in [6.45, 7) is 0. The highest BCUT2D eigenvalue weighted by atomic mass is 19.4. The first-order valence-corrected chi connectivity index (χ1v) is 5.29. The molecule has 0 spiro atoms. The third-order valence-corrected chi connectivity index (χ3v) is 2.05. The first-order chi connectivity index (χ1) is 9.48. The molecule has 9 heteroatoms. The van der Waals surface area contributed by atoms with Gasteiger partial charge in [0.05, 0.1) is 12.4 Å². The van der Waals surface area contributed by atoms with Crippen LogP contribution in [0.5, 0.6) is 17.4 Å². The Bertz CT molecular complexity index is 592. The van der Waals surface area contributed by atoms with Gasteiger partial charge in [-0.2, -0.15) is 4.98 Å². The lowest BCUT2D eigenvalue weighted by molar-refractivity contribution is -0.275. The molecule has 0 amide bonds. The molecule has 0 bridgehead atoms. The highest BCUT2D eigenvalue weighted by Gasteiger charge is 2.32. The Labute approximate surface area is 111 Å². The molecule has 0 aliphatic rings. The Morgan fingerprint density at radius 2 is 1.80 bits per heavy atom. The van der Waals surface area contributed by atoms with Crippen molar-refractivity contribution in [3.05, 3.63) is 36.7 Å². The maximum Gasteiger partial charge on any atom is 0.573 e. The van der Waals surface area contributed by atoms with Crippen LogP contribution in [0.3, 0.4) is 0 Å². The number of halogens is 3. The quantitative estimate of drug-likeness (QED) is 0.663. The SMILES string of the molecule is NNc1cncc(Oc2ccccc2OC(F)(F)F)n1. The molecule has 0 aliphatic carbocycles. The molecule has 0 atom stereocenters. The number of hydrogen-bond acceptors (Lipinski definition) is 6. The molecule has 0 aliphatic heterocycles. The largest absolute Gasteiger partial charge is 0.573 e. The van der Waals surface area contributed by atoms with Gasteiger partial charge in [0.15, 0.2) is 17.3 Å². The zero-order chi connectivity index (χ0) is 14.6. The van der Waals surface area contributed by atoms with Crippen molar-refractivity contribution < 1.29 is 22.6 Å². The maximum absolute atomic E-state index is 12.2. The fraction of sp³-hybridized carbons (Fsp3) is 0.0909. The summed E-state index contributed by atoms with van der Waals surface area (Å²) in [7, 11) is 0. The predicted molar refractivity (Wildman–Crippen MR) is 63.0 cm³/mol. The van der Waals surface area contributed by atoms with Crippen molar-refractivity contribution in [1.29, 1.82) is 0 Å². The number of nitrogens with two attached hydrogens (primary N) is 1. The van der Waals surface area contributed by atoms with E-state index in [1.54, 1.807) is 0 Å². The second-order valence-corrected chi connectivity index (χ2v) is 3.48. The van der Waals surface area contributed by atoms with Crippen molar-refractivity contribution >= 4 is 5.82 Å². The normalized spacial score (nSPS) is 11.0. The zero-order valence-electron chi connectivity index (χ0n) is 9.89. The topological polar surface area (TPSA) is 82.3 Å². The number of ether oxygens (including phenoxy) is 2. The molecule has 6 nitrogen and oxygen atoms in total. The van der Waals surface area contributed by atoms with Gasteiger partial charge in [-0.15, -0.1) is 13.2 Å². The van der Waals surface area contributed by atoms with E-state index in [0.717, 1.165) is 6.07 Å². The van der Waals surface area contributed by atoms with Crippen LogP contribution >= 0.6 is 0 Å². The summed E-state index contributed by atoms with van der Waals surface area (Å²) >= 11 is 0. The van der Waals surface area contributed by atoms with Crippen LogP contribution in [-0.4, -0.2) is 16.3 Å². The molecule has 0 fully saturated rings. The fourth-order valence-corrected chi connectivity index (χ4v) is 1.32. The molecule has 2 aromatic rings. The average Bonchev–Trinajstić information content (AvgIpc) is 2.40. The number of nitrogen functional groups attached to an aromatic ring is 1. The van der Waals surface area contributed by atoms with Crippen LogP contribution in [0.4, 0.5) is 19.0 Å². The van der Waals surface area contributed by atoms with Crippen LogP contribution in [0.2, 0.25) is 0 Å². The van der Waals surface area contributed by atoms with Crippen molar-refractivity contribution in [2.45, 2.75) is 6.36 Å². The molecule has 1 aromatic carbocycles. The molecule has 1 heterocycles. The first kappa shape index (κ1) is 13.9. The average molecular weight is 286 g/mol. The van der Waals surface area contributed by atoms with Crippen LogP contribution in [0.25, 0.3) is 0 Å². The van der Waals surface area contributed by atoms with Crippen molar-refractivity contribution in [1.82, 2.24) is 9.97 Å². The number of benzene rings is 1. The van der Waals surface area contributed by atoms with Gasteiger partial charge >= 0.3 is 6.36 Å². The van der Waals surface area contributed by atoms with E-state index in [2.05, 4.69) is 20.1 Å². The highest BCUT2D eigenvalue weighted by molar-refractivity contribution is 5.42. The van der Waals surface area contributed by atoms with E-state index >= 15 is 0 Å². The van der Waals surface area contributed by atoms with Crippen molar-refractivity contribution in [3.8, 4) is 17.4 Å². The number of nitrogens with zero attached hydrogens (tertiary/aromatic N) is 2. The van der Waals surface area contributed by atoms with Gasteiger partial charge < -0.3 is 14.9 Å². The van der Waals surface area contributed by atoms with E-state index < -0.39 is 12.1 Å². The second kappa shape index (κ2) is 5.61. The summed E-state index contributed by atoms with van der Waals surface area (Å²) < 4.78 is 45.8. The minimum Gasteiger partial charge on any atom is -0.434 e. The highest BCUT2D eigenvalue weighted by Crippen LogP contribution is 2.34. The molecule has 0 saturated heterocycles.